The predicted molar refractivity (Wildman–Crippen MR) is 105 cm³/mol. The van der Waals surface area contributed by atoms with E-state index < -0.39 is 0 Å². The van der Waals surface area contributed by atoms with Gasteiger partial charge in [-0.15, -0.1) is 0 Å². The van der Waals surface area contributed by atoms with Crippen molar-refractivity contribution in [3.05, 3.63) is 18.2 Å². The Bertz CT molecular complexity index is 636. The third-order valence-electron chi connectivity index (χ3n) is 4.61. The number of nitrogens with two attached hydrogens (primary N) is 1. The lowest BCUT2D eigenvalue weighted by Gasteiger charge is -2.32. The number of ether oxygens (including phenoxy) is 2. The predicted octanol–water partition coefficient (Wildman–Crippen LogP) is 2.40. The fraction of sp³-hybridized carbons (Fsp3) is 0.600. The maximum atomic E-state index is 12.6. The summed E-state index contributed by atoms with van der Waals surface area (Å²) in [6.45, 7) is 6.92. The molecule has 1 heterocycles. The number of piperidine rings is 1. The number of carbonyl (C=O) groups excluding carboxylic acids is 2. The topological polar surface area (TPSA) is 93.9 Å². The highest BCUT2D eigenvalue weighted by Gasteiger charge is 2.22. The molecule has 1 atom stereocenters. The van der Waals surface area contributed by atoms with E-state index in [-0.39, 0.29) is 11.8 Å². The zero-order valence-electron chi connectivity index (χ0n) is 16.3. The molecule has 1 saturated heterocycles. The number of hydrogen-bond donors (Lipinski definition) is 2. The fourth-order valence-electron chi connectivity index (χ4n) is 3.41. The number of hydrogen-bond acceptors (Lipinski definition) is 5. The van der Waals surface area contributed by atoms with Gasteiger partial charge in [0.25, 0.3) is 0 Å². The van der Waals surface area contributed by atoms with Crippen LogP contribution in [0.25, 0.3) is 0 Å². The monoisotopic (exact) mass is 377 g/mol. The summed E-state index contributed by atoms with van der Waals surface area (Å²) in [5, 5.41) is 2.95. The van der Waals surface area contributed by atoms with Crippen LogP contribution in [0.15, 0.2) is 18.2 Å². The highest BCUT2D eigenvalue weighted by Crippen LogP contribution is 2.29. The lowest BCUT2D eigenvalue weighted by Crippen LogP contribution is -2.40. The molecule has 0 radical (unpaired) electrons. The van der Waals surface area contributed by atoms with Crippen LogP contribution in [0.2, 0.25) is 0 Å². The van der Waals surface area contributed by atoms with Crippen molar-refractivity contribution in [2.24, 2.45) is 11.7 Å². The number of nitrogens with one attached hydrogen (secondary N) is 1. The van der Waals surface area contributed by atoms with Crippen LogP contribution < -0.4 is 20.5 Å². The molecule has 7 heteroatoms. The average Bonchev–Trinajstić information content (AvgIpc) is 2.63. The maximum absolute atomic E-state index is 12.6. The van der Waals surface area contributed by atoms with Gasteiger partial charge in [-0.2, -0.15) is 0 Å². The lowest BCUT2D eigenvalue weighted by molar-refractivity contribution is -0.119. The van der Waals surface area contributed by atoms with E-state index in [9.17, 15) is 9.59 Å². The summed E-state index contributed by atoms with van der Waals surface area (Å²) in [7, 11) is 0. The molecule has 1 fully saturated rings. The molecule has 1 aliphatic heterocycles. The molecule has 0 saturated carbocycles. The van der Waals surface area contributed by atoms with Gasteiger partial charge in [-0.25, -0.2) is 0 Å². The second-order valence-corrected chi connectivity index (χ2v) is 6.82. The molecule has 2 amide bonds. The Labute approximate surface area is 161 Å². The minimum absolute atomic E-state index is 0.0832. The molecular weight excluding hydrogens is 346 g/mol. The second-order valence-electron chi connectivity index (χ2n) is 6.82. The Morgan fingerprint density at radius 2 is 2.04 bits per heavy atom. The first-order valence-corrected chi connectivity index (χ1v) is 9.72. The van der Waals surface area contributed by atoms with Crippen molar-refractivity contribution in [3.8, 4) is 11.5 Å². The van der Waals surface area contributed by atoms with E-state index in [4.69, 9.17) is 15.2 Å². The largest absolute Gasteiger partial charge is 0.494 e. The summed E-state index contributed by atoms with van der Waals surface area (Å²) in [6.07, 6.45) is 3.31. The third-order valence-corrected chi connectivity index (χ3v) is 4.61. The van der Waals surface area contributed by atoms with Crippen molar-refractivity contribution in [2.45, 2.75) is 39.5 Å². The van der Waals surface area contributed by atoms with Gasteiger partial charge in [-0.3, -0.25) is 14.5 Å². The van der Waals surface area contributed by atoms with Gasteiger partial charge in [0.2, 0.25) is 11.8 Å². The van der Waals surface area contributed by atoms with Crippen LogP contribution in [0.4, 0.5) is 5.69 Å². The SMILES string of the molecule is CCOc1ccc(OCC)c(NC(=O)CN2CCCC(CCC(N)=O)C2)c1. The Morgan fingerprint density at radius 3 is 2.74 bits per heavy atom. The summed E-state index contributed by atoms with van der Waals surface area (Å²) in [5.74, 6) is 1.40. The standard InChI is InChI=1S/C20H31N3O4/c1-3-26-16-8-9-18(27-4-2)17(12-16)22-20(25)14-23-11-5-6-15(13-23)7-10-19(21)24/h8-9,12,15H,3-7,10-11,13-14H2,1-2H3,(H2,21,24)(H,22,25). The summed E-state index contributed by atoms with van der Waals surface area (Å²) >= 11 is 0. The Hall–Kier alpha value is -2.28. The molecular formula is C20H31N3O4. The van der Waals surface area contributed by atoms with E-state index in [1.54, 1.807) is 6.07 Å². The highest BCUT2D eigenvalue weighted by molar-refractivity contribution is 5.94. The van der Waals surface area contributed by atoms with Gasteiger partial charge in [0, 0.05) is 19.0 Å². The van der Waals surface area contributed by atoms with Gasteiger partial charge in [0.15, 0.2) is 0 Å². The first-order chi connectivity index (χ1) is 13.0. The Kier molecular flexibility index (Phi) is 8.39. The van der Waals surface area contributed by atoms with Gasteiger partial charge < -0.3 is 20.5 Å². The van der Waals surface area contributed by atoms with E-state index in [0.717, 1.165) is 32.4 Å². The van der Waals surface area contributed by atoms with Crippen molar-refractivity contribution in [2.75, 3.05) is 38.2 Å². The van der Waals surface area contributed by atoms with E-state index in [1.165, 1.54) is 0 Å². The number of likely N-dealkylation sites (tertiary alicyclic amines) is 1. The van der Waals surface area contributed by atoms with Crippen LogP contribution in [0.3, 0.4) is 0 Å². The number of carbonyl (C=O) groups is 2. The van der Waals surface area contributed by atoms with Crippen LogP contribution in [-0.4, -0.2) is 49.6 Å². The van der Waals surface area contributed by atoms with Gasteiger partial charge in [0.1, 0.15) is 11.5 Å². The summed E-state index contributed by atoms with van der Waals surface area (Å²) in [5.41, 5.74) is 5.87. The second kappa shape index (κ2) is 10.8. The van der Waals surface area contributed by atoms with Crippen molar-refractivity contribution in [1.29, 1.82) is 0 Å². The van der Waals surface area contributed by atoms with E-state index in [2.05, 4.69) is 10.2 Å². The molecule has 7 nitrogen and oxygen atoms in total. The molecule has 1 aromatic carbocycles. The zero-order valence-corrected chi connectivity index (χ0v) is 16.3. The molecule has 27 heavy (non-hydrogen) atoms. The first kappa shape index (κ1) is 21.0. The highest BCUT2D eigenvalue weighted by atomic mass is 16.5. The minimum Gasteiger partial charge on any atom is -0.494 e. The lowest BCUT2D eigenvalue weighted by atomic mass is 9.93. The molecule has 0 bridgehead atoms. The van der Waals surface area contributed by atoms with Crippen molar-refractivity contribution >= 4 is 17.5 Å². The first-order valence-electron chi connectivity index (χ1n) is 9.72. The molecule has 1 aliphatic rings. The number of nitrogens with zero attached hydrogens (tertiary/aromatic N) is 1. The molecule has 0 aromatic heterocycles. The summed E-state index contributed by atoms with van der Waals surface area (Å²) < 4.78 is 11.1. The van der Waals surface area contributed by atoms with Crippen molar-refractivity contribution in [1.82, 2.24) is 4.90 Å². The normalized spacial score (nSPS) is 17.3. The zero-order chi connectivity index (χ0) is 19.6. The number of rotatable bonds is 10. The van der Waals surface area contributed by atoms with Crippen LogP contribution in [0.1, 0.15) is 39.5 Å². The minimum atomic E-state index is -0.262. The maximum Gasteiger partial charge on any atom is 0.238 e. The van der Waals surface area contributed by atoms with Gasteiger partial charge in [-0.05, 0) is 57.7 Å². The van der Waals surface area contributed by atoms with Crippen molar-refractivity contribution < 1.29 is 19.1 Å². The molecule has 1 unspecified atom stereocenters. The molecule has 1 aromatic rings. The molecule has 2 rings (SSSR count). The smallest absolute Gasteiger partial charge is 0.238 e. The summed E-state index contributed by atoms with van der Waals surface area (Å²) in [4.78, 5) is 25.7. The quantitative estimate of drug-likeness (QED) is 0.653. The molecule has 150 valence electrons. The van der Waals surface area contributed by atoms with Gasteiger partial charge >= 0.3 is 0 Å². The van der Waals surface area contributed by atoms with Crippen LogP contribution in [0, 0.1) is 5.92 Å². The number of primary amides is 1. The number of amides is 2. The Balaban J connectivity index is 1.94. The van der Waals surface area contributed by atoms with Gasteiger partial charge in [0.05, 0.1) is 25.4 Å². The van der Waals surface area contributed by atoms with Crippen LogP contribution >= 0.6 is 0 Å². The number of anilines is 1. The third kappa shape index (κ3) is 7.09. The van der Waals surface area contributed by atoms with Crippen LogP contribution in [0.5, 0.6) is 11.5 Å². The molecule has 0 spiro atoms. The number of benzene rings is 1. The molecule has 0 aliphatic carbocycles. The molecule has 3 N–H and O–H groups in total. The summed E-state index contributed by atoms with van der Waals surface area (Å²) in [6, 6.07) is 5.43. The fourth-order valence-corrected chi connectivity index (χ4v) is 3.41. The Morgan fingerprint density at radius 1 is 1.26 bits per heavy atom. The van der Waals surface area contributed by atoms with E-state index >= 15 is 0 Å². The average molecular weight is 377 g/mol. The van der Waals surface area contributed by atoms with Crippen LogP contribution in [-0.2, 0) is 9.59 Å². The van der Waals surface area contributed by atoms with E-state index in [1.807, 2.05) is 26.0 Å². The van der Waals surface area contributed by atoms with Gasteiger partial charge in [-0.1, -0.05) is 0 Å². The van der Waals surface area contributed by atoms with E-state index in [0.29, 0.717) is 49.3 Å². The van der Waals surface area contributed by atoms with Crippen molar-refractivity contribution in [3.63, 3.8) is 0 Å².